The minimum Gasteiger partial charge on any atom is -0.306 e. The lowest BCUT2D eigenvalue weighted by atomic mass is 9.93. The van der Waals surface area contributed by atoms with E-state index in [0.717, 1.165) is 23.6 Å². The lowest BCUT2D eigenvalue weighted by Gasteiger charge is -2.27. The van der Waals surface area contributed by atoms with Gasteiger partial charge >= 0.3 is 0 Å². The summed E-state index contributed by atoms with van der Waals surface area (Å²) < 4.78 is 0.886. The summed E-state index contributed by atoms with van der Waals surface area (Å²) in [6.07, 6.45) is 5.10. The maximum atomic E-state index is 8.79. The summed E-state index contributed by atoms with van der Waals surface area (Å²) in [6.45, 7) is 2.12. The molecule has 4 heteroatoms. The van der Waals surface area contributed by atoms with Gasteiger partial charge in [0.2, 0.25) is 0 Å². The Morgan fingerprint density at radius 2 is 2.53 bits per heavy atom. The molecule has 1 aliphatic carbocycles. The maximum absolute atomic E-state index is 8.79. The molecule has 1 N–H and O–H groups in total. The van der Waals surface area contributed by atoms with Gasteiger partial charge in [-0.15, -0.1) is 11.3 Å². The van der Waals surface area contributed by atoms with Crippen LogP contribution in [0.15, 0.2) is 6.07 Å². The van der Waals surface area contributed by atoms with Crippen LogP contribution in [-0.4, -0.2) is 6.04 Å². The van der Waals surface area contributed by atoms with E-state index >= 15 is 0 Å². The molecule has 2 nitrogen and oxygen atoms in total. The van der Waals surface area contributed by atoms with Crippen molar-refractivity contribution in [2.75, 3.05) is 0 Å². The fraction of sp³-hybridized carbons (Fsp3) is 0.615. The highest BCUT2D eigenvalue weighted by molar-refractivity contribution is 7.16. The fourth-order valence-electron chi connectivity index (χ4n) is 2.41. The Hall–Kier alpha value is -0.560. The topological polar surface area (TPSA) is 35.8 Å². The van der Waals surface area contributed by atoms with Crippen LogP contribution in [0.5, 0.6) is 0 Å². The molecule has 1 aliphatic rings. The number of hydrogen-bond acceptors (Lipinski definition) is 3. The number of fused-ring (bicyclic) bond motifs is 1. The molecule has 0 aromatic carbocycles. The van der Waals surface area contributed by atoms with Gasteiger partial charge in [0, 0.05) is 17.0 Å². The zero-order chi connectivity index (χ0) is 12.3. The number of nitrogens with one attached hydrogen (secondary N) is 1. The van der Waals surface area contributed by atoms with Crippen molar-refractivity contribution in [3.63, 3.8) is 0 Å². The number of nitriles is 1. The molecule has 1 aromatic rings. The molecule has 2 unspecified atom stereocenters. The van der Waals surface area contributed by atoms with E-state index in [1.807, 2.05) is 0 Å². The first-order chi connectivity index (χ1) is 8.24. The van der Waals surface area contributed by atoms with Gasteiger partial charge < -0.3 is 5.32 Å². The Morgan fingerprint density at radius 1 is 1.71 bits per heavy atom. The summed E-state index contributed by atoms with van der Waals surface area (Å²) in [5, 5.41) is 12.4. The van der Waals surface area contributed by atoms with Crippen LogP contribution >= 0.6 is 22.9 Å². The van der Waals surface area contributed by atoms with E-state index < -0.39 is 0 Å². The molecule has 0 fully saturated rings. The molecule has 2 rings (SSSR count). The van der Waals surface area contributed by atoms with Gasteiger partial charge in [0.1, 0.15) is 0 Å². The second kappa shape index (κ2) is 5.86. The first-order valence-electron chi connectivity index (χ1n) is 6.15. The van der Waals surface area contributed by atoms with E-state index in [1.54, 1.807) is 11.3 Å². The summed E-state index contributed by atoms with van der Waals surface area (Å²) in [6, 6.07) is 5.04. The molecule has 0 saturated carbocycles. The lowest BCUT2D eigenvalue weighted by Crippen LogP contribution is -2.33. The zero-order valence-corrected chi connectivity index (χ0v) is 11.6. The third-order valence-electron chi connectivity index (χ3n) is 3.35. The van der Waals surface area contributed by atoms with Gasteiger partial charge in [0.15, 0.2) is 0 Å². The summed E-state index contributed by atoms with van der Waals surface area (Å²) >= 11 is 7.79. The van der Waals surface area contributed by atoms with Crippen LogP contribution < -0.4 is 5.32 Å². The van der Waals surface area contributed by atoms with Crippen LogP contribution in [-0.2, 0) is 6.42 Å². The highest BCUT2D eigenvalue weighted by atomic mass is 35.5. The van der Waals surface area contributed by atoms with Crippen LogP contribution in [0.3, 0.4) is 0 Å². The van der Waals surface area contributed by atoms with Crippen molar-refractivity contribution in [2.45, 2.75) is 51.1 Å². The van der Waals surface area contributed by atoms with E-state index in [0.29, 0.717) is 18.5 Å². The predicted molar refractivity (Wildman–Crippen MR) is 72.5 cm³/mol. The number of nitrogens with zero attached hydrogens (tertiary/aromatic N) is 1. The van der Waals surface area contributed by atoms with Crippen molar-refractivity contribution in [1.82, 2.24) is 5.32 Å². The van der Waals surface area contributed by atoms with Gasteiger partial charge in [-0.25, -0.2) is 0 Å². The van der Waals surface area contributed by atoms with Crippen molar-refractivity contribution >= 4 is 22.9 Å². The van der Waals surface area contributed by atoms with Gasteiger partial charge in [-0.05, 0) is 37.3 Å². The van der Waals surface area contributed by atoms with Crippen LogP contribution in [0.4, 0.5) is 0 Å². The SMILES string of the molecule is CCC(CC#N)NC1CCCc2sc(Cl)cc21. The number of halogens is 1. The van der Waals surface area contributed by atoms with E-state index in [-0.39, 0.29) is 0 Å². The fourth-order valence-corrected chi connectivity index (χ4v) is 3.79. The number of hydrogen-bond donors (Lipinski definition) is 1. The highest BCUT2D eigenvalue weighted by Gasteiger charge is 2.24. The Morgan fingerprint density at radius 3 is 3.24 bits per heavy atom. The molecule has 2 atom stereocenters. The molecule has 1 aromatic heterocycles. The second-order valence-electron chi connectivity index (χ2n) is 4.51. The smallest absolute Gasteiger partial charge is 0.0934 e. The monoisotopic (exact) mass is 268 g/mol. The minimum atomic E-state index is 0.301. The molecule has 0 amide bonds. The predicted octanol–water partition coefficient (Wildman–Crippen LogP) is 4.06. The molecule has 0 spiro atoms. The van der Waals surface area contributed by atoms with Gasteiger partial charge in [-0.1, -0.05) is 18.5 Å². The number of aryl methyl sites for hydroxylation is 1. The summed E-state index contributed by atoms with van der Waals surface area (Å²) in [5.41, 5.74) is 1.36. The van der Waals surface area contributed by atoms with E-state index in [4.69, 9.17) is 16.9 Å². The minimum absolute atomic E-state index is 0.301. The van der Waals surface area contributed by atoms with E-state index in [2.05, 4.69) is 24.4 Å². The average molecular weight is 269 g/mol. The van der Waals surface area contributed by atoms with Gasteiger partial charge in [0.05, 0.1) is 16.8 Å². The van der Waals surface area contributed by atoms with Gasteiger partial charge in [-0.2, -0.15) is 5.26 Å². The Kier molecular flexibility index (Phi) is 4.44. The normalized spacial score (nSPS) is 20.6. The van der Waals surface area contributed by atoms with E-state index in [9.17, 15) is 0 Å². The Bertz CT molecular complexity index is 422. The molecule has 92 valence electrons. The standard InChI is InChI=1S/C13H17ClN2S/c1-2-9(6-7-15)16-11-4-3-5-12-10(11)8-13(14)17-12/h8-9,11,16H,2-6H2,1H3. The molecule has 0 bridgehead atoms. The van der Waals surface area contributed by atoms with E-state index in [1.165, 1.54) is 16.9 Å². The third-order valence-corrected chi connectivity index (χ3v) is 4.69. The molecule has 0 saturated heterocycles. The quantitative estimate of drug-likeness (QED) is 0.894. The number of thiophene rings is 1. The second-order valence-corrected chi connectivity index (χ2v) is 6.28. The Labute approximate surface area is 112 Å². The number of rotatable bonds is 4. The average Bonchev–Trinajstić information content (AvgIpc) is 2.70. The van der Waals surface area contributed by atoms with Crippen LogP contribution in [0, 0.1) is 11.3 Å². The van der Waals surface area contributed by atoms with Crippen molar-refractivity contribution < 1.29 is 0 Å². The first kappa shape index (κ1) is 12.9. The first-order valence-corrected chi connectivity index (χ1v) is 7.35. The molecule has 0 radical (unpaired) electrons. The summed E-state index contributed by atoms with van der Waals surface area (Å²) in [4.78, 5) is 1.42. The Balaban J connectivity index is 2.10. The highest BCUT2D eigenvalue weighted by Crippen LogP contribution is 2.38. The molecule has 0 aliphatic heterocycles. The molecule has 17 heavy (non-hydrogen) atoms. The van der Waals surface area contributed by atoms with Crippen LogP contribution in [0.25, 0.3) is 0 Å². The van der Waals surface area contributed by atoms with Crippen LogP contribution in [0.1, 0.15) is 49.1 Å². The summed E-state index contributed by atoms with van der Waals surface area (Å²) in [7, 11) is 0. The third kappa shape index (κ3) is 3.01. The molecular formula is C13H17ClN2S. The van der Waals surface area contributed by atoms with Crippen LogP contribution in [0.2, 0.25) is 4.34 Å². The van der Waals surface area contributed by atoms with Crippen molar-refractivity contribution in [2.24, 2.45) is 0 Å². The largest absolute Gasteiger partial charge is 0.306 e. The summed E-state index contributed by atoms with van der Waals surface area (Å²) in [5.74, 6) is 0. The van der Waals surface area contributed by atoms with Gasteiger partial charge in [-0.3, -0.25) is 0 Å². The van der Waals surface area contributed by atoms with Crippen molar-refractivity contribution in [1.29, 1.82) is 5.26 Å². The lowest BCUT2D eigenvalue weighted by molar-refractivity contribution is 0.391. The van der Waals surface area contributed by atoms with Gasteiger partial charge in [0.25, 0.3) is 0 Å². The molecule has 1 heterocycles. The zero-order valence-electron chi connectivity index (χ0n) is 10.0. The molecular weight excluding hydrogens is 252 g/mol. The van der Waals surface area contributed by atoms with Crippen molar-refractivity contribution in [3.8, 4) is 6.07 Å². The van der Waals surface area contributed by atoms with Crippen molar-refractivity contribution in [3.05, 3.63) is 20.8 Å². The maximum Gasteiger partial charge on any atom is 0.0934 e.